The SMILES string of the molecule is CN=C(NCc1ccccc1F)NCC1(c2ccccc2)CC1.I. The van der Waals surface area contributed by atoms with Crippen molar-refractivity contribution < 1.29 is 4.39 Å². The quantitative estimate of drug-likeness (QED) is 0.422. The summed E-state index contributed by atoms with van der Waals surface area (Å²) in [5.41, 5.74) is 2.23. The molecule has 1 aliphatic carbocycles. The summed E-state index contributed by atoms with van der Waals surface area (Å²) in [6, 6.07) is 17.4. The van der Waals surface area contributed by atoms with Gasteiger partial charge in [-0.3, -0.25) is 4.99 Å². The molecular formula is C19H23FIN3. The number of halogens is 2. The molecule has 2 N–H and O–H groups in total. The zero-order valence-corrected chi connectivity index (χ0v) is 16.1. The molecule has 0 aromatic heterocycles. The highest BCUT2D eigenvalue weighted by Crippen LogP contribution is 2.47. The first kappa shape index (κ1) is 18.7. The Morgan fingerprint density at radius 3 is 2.33 bits per heavy atom. The van der Waals surface area contributed by atoms with Crippen molar-refractivity contribution in [3.63, 3.8) is 0 Å². The third-order valence-electron chi connectivity index (χ3n) is 4.46. The molecular weight excluding hydrogens is 416 g/mol. The van der Waals surface area contributed by atoms with Gasteiger partial charge in [0.1, 0.15) is 5.82 Å². The maximum atomic E-state index is 13.7. The minimum Gasteiger partial charge on any atom is -0.356 e. The van der Waals surface area contributed by atoms with Gasteiger partial charge in [-0.05, 0) is 24.5 Å². The van der Waals surface area contributed by atoms with E-state index in [1.165, 1.54) is 24.5 Å². The van der Waals surface area contributed by atoms with Crippen LogP contribution in [0.2, 0.25) is 0 Å². The highest BCUT2D eigenvalue weighted by atomic mass is 127. The highest BCUT2D eigenvalue weighted by molar-refractivity contribution is 14.0. The second-order valence-corrected chi connectivity index (χ2v) is 6.02. The molecule has 3 nitrogen and oxygen atoms in total. The van der Waals surface area contributed by atoms with Gasteiger partial charge >= 0.3 is 0 Å². The topological polar surface area (TPSA) is 36.4 Å². The molecule has 5 heteroatoms. The summed E-state index contributed by atoms with van der Waals surface area (Å²) in [4.78, 5) is 4.23. The molecule has 1 saturated carbocycles. The van der Waals surface area contributed by atoms with Gasteiger partial charge in [0.2, 0.25) is 0 Å². The molecule has 0 aliphatic heterocycles. The Labute approximate surface area is 159 Å². The van der Waals surface area contributed by atoms with Crippen LogP contribution in [0.1, 0.15) is 24.0 Å². The number of rotatable bonds is 5. The Morgan fingerprint density at radius 2 is 1.71 bits per heavy atom. The third kappa shape index (κ3) is 4.47. The van der Waals surface area contributed by atoms with E-state index in [2.05, 4.69) is 39.9 Å². The molecule has 0 saturated heterocycles. The Hall–Kier alpha value is -1.63. The molecule has 128 valence electrons. The Balaban J connectivity index is 0.00000208. The normalized spacial score (nSPS) is 15.3. The zero-order valence-electron chi connectivity index (χ0n) is 13.8. The molecule has 0 atom stereocenters. The fourth-order valence-electron chi connectivity index (χ4n) is 2.80. The third-order valence-corrected chi connectivity index (χ3v) is 4.46. The van der Waals surface area contributed by atoms with Crippen molar-refractivity contribution in [3.05, 3.63) is 71.5 Å². The van der Waals surface area contributed by atoms with E-state index in [0.29, 0.717) is 18.1 Å². The second-order valence-electron chi connectivity index (χ2n) is 6.02. The molecule has 3 rings (SSSR count). The van der Waals surface area contributed by atoms with E-state index in [9.17, 15) is 4.39 Å². The fourth-order valence-corrected chi connectivity index (χ4v) is 2.80. The summed E-state index contributed by atoms with van der Waals surface area (Å²) < 4.78 is 13.7. The molecule has 24 heavy (non-hydrogen) atoms. The molecule has 0 bridgehead atoms. The summed E-state index contributed by atoms with van der Waals surface area (Å²) in [6.07, 6.45) is 2.38. The van der Waals surface area contributed by atoms with E-state index in [4.69, 9.17) is 0 Å². The van der Waals surface area contributed by atoms with Crippen LogP contribution in [0.5, 0.6) is 0 Å². The smallest absolute Gasteiger partial charge is 0.191 e. The van der Waals surface area contributed by atoms with Crippen LogP contribution in [0.4, 0.5) is 4.39 Å². The minimum absolute atomic E-state index is 0. The average Bonchev–Trinajstić information content (AvgIpc) is 3.38. The van der Waals surface area contributed by atoms with Gasteiger partial charge in [-0.2, -0.15) is 0 Å². The molecule has 0 radical (unpaired) electrons. The lowest BCUT2D eigenvalue weighted by Gasteiger charge is -2.19. The van der Waals surface area contributed by atoms with Crippen molar-refractivity contribution in [2.24, 2.45) is 4.99 Å². The lowest BCUT2D eigenvalue weighted by Crippen LogP contribution is -2.41. The first-order valence-electron chi connectivity index (χ1n) is 7.97. The number of hydrogen-bond donors (Lipinski definition) is 2. The Bertz CT molecular complexity index is 684. The summed E-state index contributed by atoms with van der Waals surface area (Å²) in [7, 11) is 1.73. The van der Waals surface area contributed by atoms with E-state index in [1.54, 1.807) is 19.2 Å². The van der Waals surface area contributed by atoms with Crippen LogP contribution in [0.25, 0.3) is 0 Å². The largest absolute Gasteiger partial charge is 0.356 e. The number of benzene rings is 2. The Morgan fingerprint density at radius 1 is 1.04 bits per heavy atom. The van der Waals surface area contributed by atoms with Gasteiger partial charge in [-0.25, -0.2) is 4.39 Å². The molecule has 1 fully saturated rings. The predicted octanol–water partition coefficient (Wildman–Crippen LogP) is 3.84. The summed E-state index contributed by atoms with van der Waals surface area (Å²) >= 11 is 0. The van der Waals surface area contributed by atoms with Crippen LogP contribution in [0.15, 0.2) is 59.6 Å². The van der Waals surface area contributed by atoms with Gasteiger partial charge in [0.25, 0.3) is 0 Å². The van der Waals surface area contributed by atoms with Gasteiger partial charge in [-0.1, -0.05) is 48.5 Å². The number of aliphatic imine (C=N–C) groups is 1. The molecule has 0 amide bonds. The van der Waals surface area contributed by atoms with E-state index in [-0.39, 0.29) is 35.2 Å². The lowest BCUT2D eigenvalue weighted by atomic mass is 9.96. The van der Waals surface area contributed by atoms with Gasteiger partial charge in [0.05, 0.1) is 0 Å². The summed E-state index contributed by atoms with van der Waals surface area (Å²) in [6.45, 7) is 1.26. The first-order chi connectivity index (χ1) is 11.2. The standard InChI is InChI=1S/C19H22FN3.HI/c1-21-18(22-13-15-7-5-6-10-17(15)20)23-14-19(11-12-19)16-8-3-2-4-9-16;/h2-10H,11-14H2,1H3,(H2,21,22,23);1H. The van der Waals surface area contributed by atoms with E-state index < -0.39 is 0 Å². The van der Waals surface area contributed by atoms with Gasteiger partial charge < -0.3 is 10.6 Å². The van der Waals surface area contributed by atoms with Gasteiger partial charge in [-0.15, -0.1) is 24.0 Å². The van der Waals surface area contributed by atoms with Gasteiger partial charge in [0, 0.05) is 31.1 Å². The minimum atomic E-state index is -0.196. The van der Waals surface area contributed by atoms with Gasteiger partial charge in [0.15, 0.2) is 5.96 Å². The first-order valence-corrected chi connectivity index (χ1v) is 7.97. The zero-order chi connectivity index (χ0) is 16.1. The van der Waals surface area contributed by atoms with Crippen LogP contribution >= 0.6 is 24.0 Å². The van der Waals surface area contributed by atoms with Crippen molar-refractivity contribution in [1.82, 2.24) is 10.6 Å². The van der Waals surface area contributed by atoms with Crippen molar-refractivity contribution >= 4 is 29.9 Å². The van der Waals surface area contributed by atoms with Crippen LogP contribution in [-0.4, -0.2) is 19.6 Å². The molecule has 0 unspecified atom stereocenters. The maximum absolute atomic E-state index is 13.7. The fraction of sp³-hybridized carbons (Fsp3) is 0.316. The number of nitrogens with zero attached hydrogens (tertiary/aromatic N) is 1. The predicted molar refractivity (Wildman–Crippen MR) is 107 cm³/mol. The van der Waals surface area contributed by atoms with E-state index >= 15 is 0 Å². The van der Waals surface area contributed by atoms with Crippen molar-refractivity contribution in [2.45, 2.75) is 24.8 Å². The highest BCUT2D eigenvalue weighted by Gasteiger charge is 2.43. The molecule has 2 aromatic carbocycles. The van der Waals surface area contributed by atoms with Crippen LogP contribution in [-0.2, 0) is 12.0 Å². The van der Waals surface area contributed by atoms with Crippen molar-refractivity contribution in [1.29, 1.82) is 0 Å². The van der Waals surface area contributed by atoms with E-state index in [1.807, 2.05) is 12.1 Å². The van der Waals surface area contributed by atoms with E-state index in [0.717, 1.165) is 6.54 Å². The monoisotopic (exact) mass is 439 g/mol. The lowest BCUT2D eigenvalue weighted by molar-refractivity contribution is 0.602. The number of nitrogens with one attached hydrogen (secondary N) is 2. The summed E-state index contributed by atoms with van der Waals surface area (Å²) in [5.74, 6) is 0.508. The van der Waals surface area contributed by atoms with Crippen LogP contribution in [0, 0.1) is 5.82 Å². The number of hydrogen-bond acceptors (Lipinski definition) is 1. The van der Waals surface area contributed by atoms with Crippen molar-refractivity contribution in [3.8, 4) is 0 Å². The number of guanidine groups is 1. The second kappa shape index (κ2) is 8.46. The molecule has 0 spiro atoms. The average molecular weight is 439 g/mol. The molecule has 1 aliphatic rings. The summed E-state index contributed by atoms with van der Waals surface area (Å²) in [5, 5.41) is 6.55. The molecule has 0 heterocycles. The van der Waals surface area contributed by atoms with Crippen molar-refractivity contribution in [2.75, 3.05) is 13.6 Å². The van der Waals surface area contributed by atoms with Crippen LogP contribution < -0.4 is 10.6 Å². The molecule has 2 aromatic rings. The van der Waals surface area contributed by atoms with Crippen LogP contribution in [0.3, 0.4) is 0 Å². The maximum Gasteiger partial charge on any atom is 0.191 e. The Kier molecular flexibility index (Phi) is 6.60.